The summed E-state index contributed by atoms with van der Waals surface area (Å²) in [7, 11) is 1.52. The van der Waals surface area contributed by atoms with Crippen LogP contribution in [-0.4, -0.2) is 117 Å². The van der Waals surface area contributed by atoms with E-state index in [1.54, 1.807) is 26.0 Å². The van der Waals surface area contributed by atoms with Crippen LogP contribution in [0.1, 0.15) is 29.8 Å². The van der Waals surface area contributed by atoms with Crippen molar-refractivity contribution in [1.82, 2.24) is 25.8 Å². The fourth-order valence-electron chi connectivity index (χ4n) is 8.89. The molecule has 6 rings (SSSR count). The smallest absolute Gasteiger partial charge is 0.347 e. The number of nitrogens with zero attached hydrogens (tertiary/aromatic N) is 3. The van der Waals surface area contributed by atoms with Crippen LogP contribution >= 0.6 is 0 Å². The van der Waals surface area contributed by atoms with E-state index in [-0.39, 0.29) is 37.5 Å². The summed E-state index contributed by atoms with van der Waals surface area (Å²) in [5, 5.41) is 35.2. The van der Waals surface area contributed by atoms with Crippen molar-refractivity contribution in [2.45, 2.75) is 49.8 Å². The molecule has 5 aliphatic heterocycles. The Morgan fingerprint density at radius 2 is 0.680 bits per heavy atom. The molecule has 0 radical (unpaired) electrons. The summed E-state index contributed by atoms with van der Waals surface area (Å²) < 4.78 is 1.50. The van der Waals surface area contributed by atoms with E-state index in [0.717, 1.165) is 22.6 Å². The lowest BCUT2D eigenvalue weighted by atomic mass is 9.85. The lowest BCUT2D eigenvalue weighted by molar-refractivity contribution is -0.674. The molecule has 11 N–H and O–H groups in total. The number of hydrogen-bond acceptors (Lipinski definition) is 10. The topological polar surface area (TPSA) is 215 Å². The van der Waals surface area contributed by atoms with Crippen molar-refractivity contribution in [2.75, 3.05) is 38.5 Å². The van der Waals surface area contributed by atoms with E-state index in [1.807, 2.05) is 6.07 Å². The maximum atomic E-state index is 13.3. The summed E-state index contributed by atoms with van der Waals surface area (Å²) in [6.45, 7) is 3.87. The van der Waals surface area contributed by atoms with Gasteiger partial charge in [0.05, 0.1) is 24.3 Å². The minimum absolute atomic E-state index is 0.0529. The number of benzene rings is 1. The molecule has 4 atom stereocenters. The van der Waals surface area contributed by atoms with Crippen molar-refractivity contribution in [2.24, 2.45) is 11.5 Å². The van der Waals surface area contributed by atoms with Crippen molar-refractivity contribution >= 4 is 35.5 Å². The van der Waals surface area contributed by atoms with E-state index >= 15 is 0 Å². The molecule has 2 unspecified atom stereocenters. The zero-order valence-corrected chi connectivity index (χ0v) is 65.1. The molecular formula is C110H36N10O5+2. The third-order valence-electron chi connectivity index (χ3n) is 13.4. The second-order valence-electron chi connectivity index (χ2n) is 21.1. The van der Waals surface area contributed by atoms with Gasteiger partial charge in [0.25, 0.3) is 17.4 Å². The Hall–Kier alpha value is -23.0. The first-order chi connectivity index (χ1) is 61.5. The lowest BCUT2D eigenvalue weighted by Crippen LogP contribution is -2.92. The van der Waals surface area contributed by atoms with Gasteiger partial charge in [0.1, 0.15) is 18.6 Å². The first-order valence-corrected chi connectivity index (χ1v) is 34.3. The van der Waals surface area contributed by atoms with Crippen LogP contribution in [-0.2, 0) is 11.2 Å². The first-order valence-electron chi connectivity index (χ1n) is 34.3. The largest absolute Gasteiger partial charge is 0.384 e. The Morgan fingerprint density at radius 3 is 0.920 bits per heavy atom. The van der Waals surface area contributed by atoms with Crippen LogP contribution in [0, 0.1) is 509 Å². The molecule has 0 aliphatic carbocycles. The normalized spacial score (nSPS) is 12.1. The number of carbonyl (C=O) groups is 3. The summed E-state index contributed by atoms with van der Waals surface area (Å²) in [4.78, 5) is 43.6. The van der Waals surface area contributed by atoms with Crippen LogP contribution in [0.3, 0.4) is 0 Å². The van der Waals surface area contributed by atoms with Gasteiger partial charge < -0.3 is 25.7 Å². The summed E-state index contributed by atoms with van der Waals surface area (Å²) in [5.41, 5.74) is 12.9. The second kappa shape index (κ2) is 59.7. The lowest BCUT2D eigenvalue weighted by Gasteiger charge is -2.41. The number of urea groups is 1. The van der Waals surface area contributed by atoms with Gasteiger partial charge in [-0.15, -0.1) is 0 Å². The molecule has 15 nitrogen and oxygen atoms in total. The second-order valence-corrected chi connectivity index (χ2v) is 21.1. The van der Waals surface area contributed by atoms with Gasteiger partial charge in [0.15, 0.2) is 6.04 Å². The minimum atomic E-state index is -2.58. The van der Waals surface area contributed by atoms with Gasteiger partial charge in [-0.25, -0.2) is 14.7 Å². The molecule has 0 saturated carbocycles. The highest BCUT2D eigenvalue weighted by Gasteiger charge is 2.78. The van der Waals surface area contributed by atoms with E-state index in [2.05, 4.69) is 535 Å². The molecule has 15 heteroatoms. The Balaban J connectivity index is 0.000000608. The number of nitrogens with one attached hydrogen (secondary N) is 5. The number of rotatable bonds is 4. The average Bonchev–Trinajstić information content (AvgIpc) is 1.52. The number of likely N-dealkylation sites (N-methyl/N-ethyl adjacent to an activating group) is 1. The first kappa shape index (κ1) is 92.6. The average molecular weight is 1580 g/mol. The molecule has 4 amide bonds. The van der Waals surface area contributed by atoms with Crippen molar-refractivity contribution in [1.29, 1.82) is 0 Å². The van der Waals surface area contributed by atoms with Gasteiger partial charge in [0, 0.05) is 416 Å². The van der Waals surface area contributed by atoms with Crippen molar-refractivity contribution in [3.8, 4) is 509 Å². The fraction of sp³-hybridized carbons (Fsp3) is 0.118. The summed E-state index contributed by atoms with van der Waals surface area (Å²) in [6.07, 6.45) is 0.795. The predicted molar refractivity (Wildman–Crippen MR) is 474 cm³/mol. The Labute approximate surface area is 729 Å². The van der Waals surface area contributed by atoms with Crippen LogP contribution in [0.15, 0.2) is 18.2 Å². The standard InChI is InChI=1S/C88H6.C22H28N10O5/c1-3-5-7-9-11-13-15-17-19-21-23-25-27-29-31-33-35-37-39-41-43-45-47-49-51-53-55-57-59-61-63-65-67-69-71-73-75-77-79-81-83-85-87-88-86-84-82-80-78-76-74-72-70-68-66-64-62-60-58-56-54-52-50-48-46-44-42-40-38-36-34-32-30-28-26-24-22-20-18-16-14-12-10-8-6-4-2;1-30-9-14(33)31(20(30)35)7-12-16-21(29-18(23)28-16)22(36,37)13(8-32(21)19(24)26-12)27-17(34)11-4-2-3-10-5-6-25-15(10)11/h1-2H3;2-4,12-13,16,36-37H,5-9H2,1H3,(H7,23,24,25,26,27,28,29,34)/p+2/t;12-,13?,16-,21?/m.0/s1. The van der Waals surface area contributed by atoms with Gasteiger partial charge in [-0.05, 0) is 127 Å². The molecule has 1 aromatic rings. The number of imide groups is 1. The van der Waals surface area contributed by atoms with Gasteiger partial charge >= 0.3 is 18.0 Å². The van der Waals surface area contributed by atoms with E-state index in [4.69, 9.17) is 11.5 Å². The maximum absolute atomic E-state index is 13.3. The quantitative estimate of drug-likeness (QED) is 0.0606. The van der Waals surface area contributed by atoms with Crippen molar-refractivity contribution < 1.29 is 34.2 Å². The Bertz CT molecular complexity index is 7680. The van der Waals surface area contributed by atoms with Crippen LogP contribution in [0.4, 0.5) is 10.5 Å². The highest BCUT2D eigenvalue weighted by Crippen LogP contribution is 2.38. The number of hydrogen-bond donors (Lipinski definition) is 9. The molecule has 554 valence electrons. The SMILES string of the molecule is CC#CC#CC#CC#CC#CC#CC#CC#CC#CC#CC#CC#CC#CC#CC#CC#CC#CC#CC#CC#CC#CC#CC#CC#CC#CC#CC#CC#CC#CC#CC#CC#CC#CC#CC#CC#CC#CC#CC#CC#CC#CC#CC#CC.CN1CC(=O)N(C[C@@H]2NC(N)=[N+]3CC(NC(=O)c4cccc5c4NCC5)C(O)(O)C34NC(N)=[NH+][C@@H]24)C1=O. The summed E-state index contributed by atoms with van der Waals surface area (Å²) >= 11 is 0. The molecule has 5 aliphatic rings. The number of carbonyl (C=O) groups excluding carboxylic acids is 3. The number of fused-ring (bicyclic) bond motifs is 1. The molecule has 0 bridgehead atoms. The molecule has 1 aromatic carbocycles. The zero-order valence-electron chi connectivity index (χ0n) is 65.1. The van der Waals surface area contributed by atoms with E-state index in [9.17, 15) is 24.6 Å². The highest BCUT2D eigenvalue weighted by molar-refractivity contribution is 6.02. The third-order valence-corrected chi connectivity index (χ3v) is 13.4. The van der Waals surface area contributed by atoms with Gasteiger partial charge in [0.2, 0.25) is 5.91 Å². The number of amides is 4. The molecule has 125 heavy (non-hydrogen) atoms. The van der Waals surface area contributed by atoms with E-state index in [1.165, 1.54) is 16.5 Å². The Kier molecular flexibility index (Phi) is 44.2. The van der Waals surface area contributed by atoms with Crippen molar-refractivity contribution in [3.63, 3.8) is 0 Å². The van der Waals surface area contributed by atoms with Crippen LogP contribution in [0.5, 0.6) is 0 Å². The number of guanidine groups is 2. The molecule has 2 fully saturated rings. The third kappa shape index (κ3) is 37.7. The Morgan fingerprint density at radius 1 is 0.424 bits per heavy atom. The highest BCUT2D eigenvalue weighted by atomic mass is 16.5. The molecule has 5 heterocycles. The van der Waals surface area contributed by atoms with E-state index < -0.39 is 41.5 Å². The molecule has 1 spiro atoms. The van der Waals surface area contributed by atoms with Gasteiger partial charge in [-0.3, -0.25) is 36.3 Å². The maximum Gasteiger partial charge on any atom is 0.347 e. The number of aliphatic hydroxyl groups is 2. The van der Waals surface area contributed by atoms with Crippen LogP contribution < -0.4 is 37.7 Å². The predicted octanol–water partition coefficient (Wildman–Crippen LogP) is -5.12. The number of nitrogens with two attached hydrogens (primary N) is 2. The van der Waals surface area contributed by atoms with Crippen LogP contribution in [0.2, 0.25) is 0 Å². The van der Waals surface area contributed by atoms with Crippen LogP contribution in [0.25, 0.3) is 0 Å². The number of para-hydroxylation sites is 1. The van der Waals surface area contributed by atoms with E-state index in [0.29, 0.717) is 12.1 Å². The van der Waals surface area contributed by atoms with Crippen molar-refractivity contribution in [3.05, 3.63) is 29.3 Å². The minimum Gasteiger partial charge on any atom is -0.384 e. The zero-order chi connectivity index (χ0) is 89.1. The van der Waals surface area contributed by atoms with Gasteiger partial charge in [-0.2, -0.15) is 0 Å². The summed E-state index contributed by atoms with van der Waals surface area (Å²) in [5.74, 6) is 212. The molecular weight excluding hydrogens is 1540 g/mol. The molecule has 2 saturated heterocycles. The monoisotopic (exact) mass is 1580 g/mol. The van der Waals surface area contributed by atoms with Gasteiger partial charge in [-0.1, -0.05) is 24.0 Å². The fourth-order valence-corrected chi connectivity index (χ4v) is 8.89. The number of anilines is 1. The molecule has 0 aromatic heterocycles. The summed E-state index contributed by atoms with van der Waals surface area (Å²) in [6, 6.07) is 2.16.